The monoisotopic (exact) mass is 658 g/mol. The van der Waals surface area contributed by atoms with E-state index in [1.807, 2.05) is 13.8 Å². The number of ether oxygens (including phenoxy) is 1. The van der Waals surface area contributed by atoms with Crippen LogP contribution < -0.4 is 21.3 Å². The molecule has 0 aliphatic rings. The number of amides is 4. The summed E-state index contributed by atoms with van der Waals surface area (Å²) >= 11 is 0. The Balaban J connectivity index is 3.05. The van der Waals surface area contributed by atoms with E-state index in [9.17, 15) is 28.8 Å². The predicted molar refractivity (Wildman–Crippen MR) is 183 cm³/mol. The Hall–Kier alpha value is -3.60. The average molecular weight is 659 g/mol. The van der Waals surface area contributed by atoms with Gasteiger partial charge in [0.2, 0.25) is 17.7 Å². The minimum atomic E-state index is -1.05. The summed E-state index contributed by atoms with van der Waals surface area (Å²) in [5.74, 6) is -2.24. The van der Waals surface area contributed by atoms with Gasteiger partial charge in [-0.25, -0.2) is 0 Å². The van der Waals surface area contributed by atoms with Gasteiger partial charge in [0.15, 0.2) is 11.6 Å². The van der Waals surface area contributed by atoms with Gasteiger partial charge in [0.1, 0.15) is 12.1 Å². The molecule has 264 valence electrons. The van der Waals surface area contributed by atoms with Crippen molar-refractivity contribution in [2.75, 3.05) is 13.7 Å². The van der Waals surface area contributed by atoms with Crippen molar-refractivity contribution in [2.24, 2.45) is 23.7 Å². The second kappa shape index (κ2) is 20.6. The van der Waals surface area contributed by atoms with E-state index in [4.69, 9.17) is 4.74 Å². The molecule has 0 fully saturated rings. The molecule has 0 radical (unpaired) electrons. The normalized spacial score (nSPS) is 14.6. The zero-order valence-corrected chi connectivity index (χ0v) is 30.0. The Labute approximate surface area is 281 Å². The Morgan fingerprint density at radius 1 is 0.745 bits per heavy atom. The van der Waals surface area contributed by atoms with E-state index in [0.29, 0.717) is 24.5 Å². The molecule has 0 heterocycles. The molecule has 11 nitrogen and oxygen atoms in total. The van der Waals surface area contributed by atoms with Crippen LogP contribution in [0.2, 0.25) is 0 Å². The SMILES string of the molecule is CCC(CC(C)C)C(=O)c1ccc(C(=O)N[C@@H](CCC(=O)N[C@H](C(=O)N[C@@H](C)C(=O)C(C)C)C(C)C)C(=O)NC(C)CCOC)cc1. The minimum Gasteiger partial charge on any atom is -0.385 e. The molecule has 2 unspecified atom stereocenters. The van der Waals surface area contributed by atoms with Gasteiger partial charge in [-0.05, 0) is 63.5 Å². The van der Waals surface area contributed by atoms with Gasteiger partial charge in [0.25, 0.3) is 5.91 Å². The molecule has 0 saturated carbocycles. The quantitative estimate of drug-likeness (QED) is 0.144. The molecule has 0 aliphatic carbocycles. The highest BCUT2D eigenvalue weighted by atomic mass is 16.5. The third-order valence-electron chi connectivity index (χ3n) is 8.10. The van der Waals surface area contributed by atoms with Crippen LogP contribution >= 0.6 is 0 Å². The first kappa shape index (κ1) is 41.4. The molecule has 1 rings (SSSR count). The van der Waals surface area contributed by atoms with Gasteiger partial charge < -0.3 is 26.0 Å². The average Bonchev–Trinajstić information content (AvgIpc) is 3.01. The van der Waals surface area contributed by atoms with Gasteiger partial charge in [-0.3, -0.25) is 28.8 Å². The summed E-state index contributed by atoms with van der Waals surface area (Å²) in [5, 5.41) is 11.0. The van der Waals surface area contributed by atoms with Crippen LogP contribution in [0.15, 0.2) is 24.3 Å². The van der Waals surface area contributed by atoms with Crippen molar-refractivity contribution in [3.05, 3.63) is 35.4 Å². The van der Waals surface area contributed by atoms with Crippen LogP contribution in [0.25, 0.3) is 0 Å². The summed E-state index contributed by atoms with van der Waals surface area (Å²) in [6, 6.07) is 3.48. The third kappa shape index (κ3) is 14.4. The predicted octanol–water partition coefficient (Wildman–Crippen LogP) is 4.23. The van der Waals surface area contributed by atoms with E-state index in [2.05, 4.69) is 35.1 Å². The van der Waals surface area contributed by atoms with Crippen LogP contribution in [0.3, 0.4) is 0 Å². The van der Waals surface area contributed by atoms with Crippen LogP contribution in [0.4, 0.5) is 0 Å². The van der Waals surface area contributed by atoms with Crippen LogP contribution in [0, 0.1) is 23.7 Å². The lowest BCUT2D eigenvalue weighted by molar-refractivity contribution is -0.133. The molecular weight excluding hydrogens is 600 g/mol. The number of rotatable bonds is 21. The molecule has 0 aliphatic heterocycles. The van der Waals surface area contributed by atoms with Crippen molar-refractivity contribution >= 4 is 35.2 Å². The highest BCUT2D eigenvalue weighted by Crippen LogP contribution is 2.21. The zero-order valence-electron chi connectivity index (χ0n) is 30.0. The van der Waals surface area contributed by atoms with Crippen molar-refractivity contribution in [1.82, 2.24) is 21.3 Å². The van der Waals surface area contributed by atoms with E-state index < -0.39 is 41.8 Å². The molecule has 1 aromatic rings. The Bertz CT molecular complexity index is 1200. The fraction of sp³-hybridized carbons (Fsp3) is 0.667. The van der Waals surface area contributed by atoms with E-state index in [1.54, 1.807) is 66.0 Å². The fourth-order valence-electron chi connectivity index (χ4n) is 5.20. The first-order valence-corrected chi connectivity index (χ1v) is 16.9. The zero-order chi connectivity index (χ0) is 35.8. The van der Waals surface area contributed by atoms with Gasteiger partial charge in [0.05, 0.1) is 6.04 Å². The minimum absolute atomic E-state index is 0.0287. The Kier molecular flexibility index (Phi) is 18.2. The first-order chi connectivity index (χ1) is 22.0. The van der Waals surface area contributed by atoms with Crippen molar-refractivity contribution in [1.29, 1.82) is 0 Å². The number of ketones is 2. The van der Waals surface area contributed by atoms with E-state index >= 15 is 0 Å². The lowest BCUT2D eigenvalue weighted by atomic mass is 9.87. The van der Waals surface area contributed by atoms with Gasteiger partial charge in [-0.1, -0.05) is 60.6 Å². The second-order valence-corrected chi connectivity index (χ2v) is 13.5. The molecule has 0 saturated heterocycles. The Morgan fingerprint density at radius 2 is 1.34 bits per heavy atom. The molecule has 0 aromatic heterocycles. The van der Waals surface area contributed by atoms with E-state index in [-0.39, 0.29) is 53.8 Å². The topological polar surface area (TPSA) is 160 Å². The molecule has 11 heteroatoms. The van der Waals surface area contributed by atoms with Crippen molar-refractivity contribution in [2.45, 2.75) is 119 Å². The van der Waals surface area contributed by atoms with Gasteiger partial charge >= 0.3 is 0 Å². The van der Waals surface area contributed by atoms with Crippen molar-refractivity contribution in [3.8, 4) is 0 Å². The smallest absolute Gasteiger partial charge is 0.251 e. The summed E-state index contributed by atoms with van der Waals surface area (Å²) in [7, 11) is 1.56. The lowest BCUT2D eigenvalue weighted by Crippen LogP contribution is -2.54. The van der Waals surface area contributed by atoms with Gasteiger partial charge in [-0.2, -0.15) is 0 Å². The summed E-state index contributed by atoms with van der Waals surface area (Å²) in [6.45, 7) is 17.1. The summed E-state index contributed by atoms with van der Waals surface area (Å²) in [6.07, 6.45) is 1.89. The second-order valence-electron chi connectivity index (χ2n) is 13.5. The number of hydrogen-bond acceptors (Lipinski definition) is 7. The standard InChI is InChI=1S/C36H58N4O7/c1-11-26(20-21(2)3)33(43)27-12-14-28(15-13-27)34(44)39-29(35(45)37-24(8)18-19-47-10)16-17-30(41)40-31(22(4)5)36(46)38-25(9)32(42)23(6)7/h12-15,21-26,29,31H,11,16-20H2,1-10H3,(H,37,45)(H,38,46)(H,39,44)(H,40,41)/t24?,25-,26?,29-,31-/m0/s1. The molecule has 0 bridgehead atoms. The summed E-state index contributed by atoms with van der Waals surface area (Å²) in [5.41, 5.74) is 0.799. The highest BCUT2D eigenvalue weighted by Gasteiger charge is 2.29. The summed E-state index contributed by atoms with van der Waals surface area (Å²) < 4.78 is 5.10. The van der Waals surface area contributed by atoms with E-state index in [0.717, 1.165) is 12.8 Å². The van der Waals surface area contributed by atoms with E-state index in [1.165, 1.54) is 0 Å². The van der Waals surface area contributed by atoms with Crippen molar-refractivity contribution < 1.29 is 33.5 Å². The maximum Gasteiger partial charge on any atom is 0.251 e. The largest absolute Gasteiger partial charge is 0.385 e. The molecule has 5 atom stereocenters. The molecule has 0 spiro atoms. The summed E-state index contributed by atoms with van der Waals surface area (Å²) in [4.78, 5) is 77.8. The number of Topliss-reactive ketones (excluding diaryl/α,β-unsaturated/α-hetero) is 2. The third-order valence-corrected chi connectivity index (χ3v) is 8.10. The number of benzene rings is 1. The van der Waals surface area contributed by atoms with Crippen LogP contribution in [-0.4, -0.2) is 73.1 Å². The fourth-order valence-corrected chi connectivity index (χ4v) is 5.20. The van der Waals surface area contributed by atoms with Gasteiger partial charge in [-0.15, -0.1) is 0 Å². The van der Waals surface area contributed by atoms with Gasteiger partial charge in [0, 0.05) is 49.1 Å². The molecule has 4 amide bonds. The maximum absolute atomic E-state index is 13.3. The number of carbonyl (C=O) groups excluding carboxylic acids is 6. The van der Waals surface area contributed by atoms with Crippen LogP contribution in [-0.2, 0) is 23.9 Å². The molecular formula is C36H58N4O7. The van der Waals surface area contributed by atoms with Crippen molar-refractivity contribution in [3.63, 3.8) is 0 Å². The molecule has 1 aromatic carbocycles. The maximum atomic E-state index is 13.3. The number of hydrogen-bond donors (Lipinski definition) is 4. The van der Waals surface area contributed by atoms with Crippen LogP contribution in [0.1, 0.15) is 115 Å². The van der Waals surface area contributed by atoms with Crippen LogP contribution in [0.5, 0.6) is 0 Å². The number of methoxy groups -OCH3 is 1. The first-order valence-electron chi connectivity index (χ1n) is 16.9. The molecule has 47 heavy (non-hydrogen) atoms. The number of carbonyl (C=O) groups is 6. The highest BCUT2D eigenvalue weighted by molar-refractivity contribution is 6.01. The Morgan fingerprint density at radius 3 is 1.85 bits per heavy atom. The number of nitrogens with one attached hydrogen (secondary N) is 4. The lowest BCUT2D eigenvalue weighted by Gasteiger charge is -2.25. The molecule has 4 N–H and O–H groups in total.